The Morgan fingerprint density at radius 1 is 0.424 bits per heavy atom. The van der Waals surface area contributed by atoms with Gasteiger partial charge in [0.1, 0.15) is 0 Å². The summed E-state index contributed by atoms with van der Waals surface area (Å²) in [6.45, 7) is 4.90. The summed E-state index contributed by atoms with van der Waals surface area (Å²) in [5, 5.41) is 0. The first-order valence-corrected chi connectivity index (χ1v) is 16.1. The maximum atomic E-state index is 12.0. The molecule has 0 aromatic rings. The molecule has 33 heavy (non-hydrogen) atoms. The monoisotopic (exact) mass is 497 g/mol. The third kappa shape index (κ3) is 30.9. The van der Waals surface area contributed by atoms with Gasteiger partial charge in [0.25, 0.3) is 10.1 Å². The number of rotatable bonds is 27. The number of hydrogen-bond donors (Lipinski definition) is 0. The minimum atomic E-state index is -3.31. The van der Waals surface area contributed by atoms with Gasteiger partial charge in [-0.05, 0) is 12.8 Å². The molecule has 5 heteroatoms. The summed E-state index contributed by atoms with van der Waals surface area (Å²) in [7, 11) is -3.31. The van der Waals surface area contributed by atoms with Crippen molar-refractivity contribution in [2.75, 3.05) is 12.4 Å². The SMILES string of the molecule is CCCCCCCCCCCCCCCCS(=O)(=O)OCCCCCCCCCCCC.[Na]. The largest absolute Gasteiger partial charge is 0.270 e. The van der Waals surface area contributed by atoms with Crippen molar-refractivity contribution >= 4 is 39.7 Å². The Balaban J connectivity index is 0. The van der Waals surface area contributed by atoms with Gasteiger partial charge in [0.05, 0.1) is 12.4 Å². The van der Waals surface area contributed by atoms with Gasteiger partial charge in [-0.25, -0.2) is 0 Å². The molecule has 0 atom stereocenters. The minimum absolute atomic E-state index is 0. The van der Waals surface area contributed by atoms with Gasteiger partial charge in [-0.3, -0.25) is 4.18 Å². The molecule has 0 heterocycles. The summed E-state index contributed by atoms with van der Waals surface area (Å²) in [6, 6.07) is 0. The Kier molecular flexibility index (Phi) is 31.9. The summed E-state index contributed by atoms with van der Waals surface area (Å²) in [5.74, 6) is 0.197. The van der Waals surface area contributed by atoms with Crippen LogP contribution in [0.3, 0.4) is 0 Å². The fourth-order valence-electron chi connectivity index (χ4n) is 4.31. The van der Waals surface area contributed by atoms with Gasteiger partial charge in [-0.2, -0.15) is 8.42 Å². The Labute approximate surface area is 231 Å². The quantitative estimate of drug-likeness (QED) is 0.0645. The van der Waals surface area contributed by atoms with Crippen LogP contribution in [0.5, 0.6) is 0 Å². The molecular formula is C28H58NaO3S. The second-order valence-corrected chi connectivity index (χ2v) is 11.6. The fraction of sp³-hybridized carbons (Fsp3) is 1.00. The maximum Gasteiger partial charge on any atom is 0.267 e. The average molecular weight is 498 g/mol. The number of hydrogen-bond acceptors (Lipinski definition) is 3. The van der Waals surface area contributed by atoms with E-state index in [0.29, 0.717) is 6.61 Å². The third-order valence-corrected chi connectivity index (χ3v) is 7.82. The molecule has 195 valence electrons. The van der Waals surface area contributed by atoms with Crippen molar-refractivity contribution in [3.05, 3.63) is 0 Å². The van der Waals surface area contributed by atoms with Gasteiger partial charge >= 0.3 is 0 Å². The molecule has 0 unspecified atom stereocenters. The molecule has 0 aliphatic rings. The van der Waals surface area contributed by atoms with E-state index in [1.165, 1.54) is 122 Å². The van der Waals surface area contributed by atoms with E-state index in [-0.39, 0.29) is 35.3 Å². The van der Waals surface area contributed by atoms with Crippen molar-refractivity contribution in [3.8, 4) is 0 Å². The first-order valence-electron chi connectivity index (χ1n) is 14.5. The molecule has 0 fully saturated rings. The van der Waals surface area contributed by atoms with Crippen LogP contribution >= 0.6 is 0 Å². The molecule has 3 nitrogen and oxygen atoms in total. The summed E-state index contributed by atoms with van der Waals surface area (Å²) < 4.78 is 29.2. The molecule has 0 bridgehead atoms. The molecule has 1 radical (unpaired) electrons. The van der Waals surface area contributed by atoms with Crippen LogP contribution in [0.2, 0.25) is 0 Å². The van der Waals surface area contributed by atoms with Gasteiger partial charge in [0.2, 0.25) is 0 Å². The van der Waals surface area contributed by atoms with Gasteiger partial charge in [-0.15, -0.1) is 0 Å². The van der Waals surface area contributed by atoms with Crippen molar-refractivity contribution in [2.24, 2.45) is 0 Å². The predicted molar refractivity (Wildman–Crippen MR) is 148 cm³/mol. The van der Waals surface area contributed by atoms with Crippen molar-refractivity contribution in [3.63, 3.8) is 0 Å². The van der Waals surface area contributed by atoms with E-state index >= 15 is 0 Å². The molecule has 0 saturated heterocycles. The first kappa shape index (κ1) is 36.1. The zero-order valence-corrected chi connectivity index (χ0v) is 25.8. The standard InChI is InChI=1S/C28H58O3S.Na/c1-3-5-7-9-11-13-15-16-17-18-20-22-24-26-28-32(29,30)31-27-25-23-21-19-14-12-10-8-6-4-2;/h3-28H2,1-2H3;. The van der Waals surface area contributed by atoms with Crippen LogP contribution in [-0.4, -0.2) is 50.3 Å². The van der Waals surface area contributed by atoms with Crippen LogP contribution in [-0.2, 0) is 14.3 Å². The summed E-state index contributed by atoms with van der Waals surface area (Å²) in [4.78, 5) is 0. The smallest absolute Gasteiger partial charge is 0.267 e. The van der Waals surface area contributed by atoms with Crippen LogP contribution in [0.15, 0.2) is 0 Å². The second kappa shape index (κ2) is 29.1. The summed E-state index contributed by atoms with van der Waals surface area (Å²) >= 11 is 0. The Hall–Kier alpha value is 0.910. The van der Waals surface area contributed by atoms with Crippen LogP contribution in [0.1, 0.15) is 168 Å². The fourth-order valence-corrected chi connectivity index (χ4v) is 5.36. The molecule has 0 N–H and O–H groups in total. The van der Waals surface area contributed by atoms with Crippen molar-refractivity contribution in [2.45, 2.75) is 168 Å². The Morgan fingerprint density at radius 2 is 0.697 bits per heavy atom. The number of unbranched alkanes of at least 4 members (excludes halogenated alkanes) is 22. The molecule has 0 aliphatic carbocycles. The molecule has 0 saturated carbocycles. The van der Waals surface area contributed by atoms with Crippen LogP contribution in [0, 0.1) is 0 Å². The van der Waals surface area contributed by atoms with Crippen LogP contribution in [0.25, 0.3) is 0 Å². The second-order valence-electron chi connectivity index (χ2n) is 9.86. The van der Waals surface area contributed by atoms with E-state index in [1.807, 2.05) is 0 Å². The van der Waals surface area contributed by atoms with Gasteiger partial charge < -0.3 is 0 Å². The molecule has 0 spiro atoms. The van der Waals surface area contributed by atoms with E-state index < -0.39 is 10.1 Å². The van der Waals surface area contributed by atoms with Gasteiger partial charge in [0, 0.05) is 29.6 Å². The van der Waals surface area contributed by atoms with Crippen LogP contribution < -0.4 is 0 Å². The topological polar surface area (TPSA) is 43.4 Å². The van der Waals surface area contributed by atoms with Crippen LogP contribution in [0.4, 0.5) is 0 Å². The van der Waals surface area contributed by atoms with Crippen molar-refractivity contribution in [1.82, 2.24) is 0 Å². The molecule has 0 rings (SSSR count). The molecule has 0 amide bonds. The first-order chi connectivity index (χ1) is 15.6. The van der Waals surface area contributed by atoms with E-state index in [9.17, 15) is 8.42 Å². The maximum absolute atomic E-state index is 12.0. The normalized spacial score (nSPS) is 11.6. The Morgan fingerprint density at radius 3 is 1.03 bits per heavy atom. The summed E-state index contributed by atoms with van der Waals surface area (Å²) in [5.41, 5.74) is 0. The minimum Gasteiger partial charge on any atom is -0.270 e. The van der Waals surface area contributed by atoms with Gasteiger partial charge in [-0.1, -0.05) is 155 Å². The zero-order valence-electron chi connectivity index (χ0n) is 23.0. The van der Waals surface area contributed by atoms with E-state index in [4.69, 9.17) is 4.18 Å². The molecule has 0 aromatic carbocycles. The van der Waals surface area contributed by atoms with E-state index in [0.717, 1.165) is 32.1 Å². The molecule has 0 aliphatic heterocycles. The average Bonchev–Trinajstić information content (AvgIpc) is 2.77. The zero-order chi connectivity index (χ0) is 23.6. The third-order valence-electron chi connectivity index (χ3n) is 6.51. The van der Waals surface area contributed by atoms with Crippen molar-refractivity contribution < 1.29 is 12.6 Å². The van der Waals surface area contributed by atoms with E-state index in [2.05, 4.69) is 13.8 Å². The summed E-state index contributed by atoms with van der Waals surface area (Å²) in [6.07, 6.45) is 30.5. The van der Waals surface area contributed by atoms with Gasteiger partial charge in [0.15, 0.2) is 0 Å². The predicted octanol–water partition coefficient (Wildman–Crippen LogP) is 9.35. The molecule has 0 aromatic heterocycles. The Bertz CT molecular complexity index is 454. The van der Waals surface area contributed by atoms with E-state index in [1.54, 1.807) is 0 Å². The van der Waals surface area contributed by atoms with Crippen molar-refractivity contribution in [1.29, 1.82) is 0 Å². The molecular weight excluding hydrogens is 439 g/mol.